The Morgan fingerprint density at radius 2 is 1.82 bits per heavy atom. The zero-order valence-corrected chi connectivity index (χ0v) is 13.7. The molecular weight excluding hydrogens is 276 g/mol. The number of nitrogens with zero attached hydrogens (tertiary/aromatic N) is 4. The SMILES string of the molecule is CN(C)c1ccc(-c2nc3nc[nH]n3c2NC(C)(C)C)cc1. The molecule has 2 heterocycles. The van der Waals surface area contributed by atoms with Crippen LogP contribution in [0.15, 0.2) is 30.6 Å². The molecule has 0 aliphatic carbocycles. The van der Waals surface area contributed by atoms with Gasteiger partial charge >= 0.3 is 0 Å². The Kier molecular flexibility index (Phi) is 3.31. The van der Waals surface area contributed by atoms with Crippen molar-refractivity contribution in [1.29, 1.82) is 0 Å². The number of H-pyrrole nitrogens is 1. The zero-order valence-electron chi connectivity index (χ0n) is 13.7. The summed E-state index contributed by atoms with van der Waals surface area (Å²) < 4.78 is 1.88. The molecule has 0 radical (unpaired) electrons. The van der Waals surface area contributed by atoms with Crippen LogP contribution in [0.1, 0.15) is 20.8 Å². The van der Waals surface area contributed by atoms with Gasteiger partial charge in [0.1, 0.15) is 12.0 Å². The molecule has 6 heteroatoms. The number of rotatable bonds is 3. The minimum Gasteiger partial charge on any atom is -0.378 e. The summed E-state index contributed by atoms with van der Waals surface area (Å²) in [5.74, 6) is 1.59. The lowest BCUT2D eigenvalue weighted by atomic mass is 10.1. The Morgan fingerprint density at radius 1 is 1.14 bits per heavy atom. The highest BCUT2D eigenvalue weighted by Gasteiger charge is 2.20. The van der Waals surface area contributed by atoms with Gasteiger partial charge in [-0.15, -0.1) is 0 Å². The largest absolute Gasteiger partial charge is 0.378 e. The number of hydrogen-bond donors (Lipinski definition) is 2. The van der Waals surface area contributed by atoms with Crippen LogP contribution in [0.4, 0.5) is 11.5 Å². The van der Waals surface area contributed by atoms with Crippen molar-refractivity contribution in [3.63, 3.8) is 0 Å². The molecule has 2 aromatic heterocycles. The molecule has 0 fully saturated rings. The Labute approximate surface area is 130 Å². The van der Waals surface area contributed by atoms with Crippen LogP contribution in [0.25, 0.3) is 17.0 Å². The van der Waals surface area contributed by atoms with E-state index >= 15 is 0 Å². The predicted molar refractivity (Wildman–Crippen MR) is 90.5 cm³/mol. The van der Waals surface area contributed by atoms with Crippen molar-refractivity contribution < 1.29 is 0 Å². The highest BCUT2D eigenvalue weighted by Crippen LogP contribution is 2.30. The van der Waals surface area contributed by atoms with Crippen LogP contribution in [-0.2, 0) is 0 Å². The van der Waals surface area contributed by atoms with Crippen LogP contribution in [0.5, 0.6) is 0 Å². The molecule has 0 unspecified atom stereocenters. The lowest BCUT2D eigenvalue weighted by Gasteiger charge is -2.22. The first kappa shape index (κ1) is 14.4. The van der Waals surface area contributed by atoms with E-state index in [0.29, 0.717) is 5.78 Å². The molecule has 22 heavy (non-hydrogen) atoms. The molecule has 0 saturated heterocycles. The monoisotopic (exact) mass is 298 g/mol. The summed E-state index contributed by atoms with van der Waals surface area (Å²) in [7, 11) is 4.07. The maximum atomic E-state index is 4.65. The normalized spacial score (nSPS) is 11.9. The van der Waals surface area contributed by atoms with Crippen LogP contribution < -0.4 is 10.2 Å². The second kappa shape index (κ2) is 5.05. The maximum absolute atomic E-state index is 4.65. The van der Waals surface area contributed by atoms with Gasteiger partial charge in [0.05, 0.1) is 0 Å². The molecule has 0 aliphatic rings. The summed E-state index contributed by atoms with van der Waals surface area (Å²) in [6.45, 7) is 6.38. The van der Waals surface area contributed by atoms with Crippen LogP contribution in [0.3, 0.4) is 0 Å². The maximum Gasteiger partial charge on any atom is 0.252 e. The second-order valence-corrected chi connectivity index (χ2v) is 6.65. The van der Waals surface area contributed by atoms with Gasteiger partial charge in [0.25, 0.3) is 5.78 Å². The second-order valence-electron chi connectivity index (χ2n) is 6.65. The number of hydrogen-bond acceptors (Lipinski definition) is 4. The molecule has 0 amide bonds. The molecule has 0 bridgehead atoms. The number of anilines is 2. The zero-order chi connectivity index (χ0) is 15.9. The lowest BCUT2D eigenvalue weighted by molar-refractivity contribution is 0.627. The first-order valence-electron chi connectivity index (χ1n) is 7.33. The molecular formula is C16H22N6. The van der Waals surface area contributed by atoms with Crippen LogP contribution in [0, 0.1) is 0 Å². The summed E-state index contributed by atoms with van der Waals surface area (Å²) in [6, 6.07) is 8.37. The smallest absolute Gasteiger partial charge is 0.252 e. The summed E-state index contributed by atoms with van der Waals surface area (Å²) in [5.41, 5.74) is 3.06. The first-order chi connectivity index (χ1) is 10.3. The van der Waals surface area contributed by atoms with Gasteiger partial charge < -0.3 is 10.2 Å². The van der Waals surface area contributed by atoms with Crippen LogP contribution in [-0.4, -0.2) is 39.2 Å². The Bertz CT molecular complexity index is 773. The number of nitrogens with one attached hydrogen (secondary N) is 2. The van der Waals surface area contributed by atoms with Crippen molar-refractivity contribution in [3.05, 3.63) is 30.6 Å². The summed E-state index contributed by atoms with van der Waals surface area (Å²) in [4.78, 5) is 11.0. The average molecular weight is 298 g/mol. The number of fused-ring (bicyclic) bond motifs is 1. The van der Waals surface area contributed by atoms with Crippen molar-refractivity contribution in [2.75, 3.05) is 24.3 Å². The third-order valence-electron chi connectivity index (χ3n) is 3.38. The van der Waals surface area contributed by atoms with Crippen LogP contribution >= 0.6 is 0 Å². The van der Waals surface area contributed by atoms with Gasteiger partial charge in [0.2, 0.25) is 0 Å². The van der Waals surface area contributed by atoms with E-state index in [9.17, 15) is 0 Å². The van der Waals surface area contributed by atoms with Crippen molar-refractivity contribution in [2.45, 2.75) is 26.3 Å². The van der Waals surface area contributed by atoms with Gasteiger partial charge in [-0.2, -0.15) is 0 Å². The average Bonchev–Trinajstić information content (AvgIpc) is 3.00. The molecule has 3 aromatic rings. The van der Waals surface area contributed by atoms with Crippen molar-refractivity contribution in [2.24, 2.45) is 0 Å². The standard InChI is InChI=1S/C16H22N6/c1-16(2,3)20-14-13(19-15-17-10-18-22(14)15)11-6-8-12(9-7-11)21(4)5/h6-10,20H,1-5H3,(H,17,18,19). The fraction of sp³-hybridized carbons (Fsp3) is 0.375. The van der Waals surface area contributed by atoms with Gasteiger partial charge in [0, 0.05) is 30.9 Å². The molecule has 0 atom stereocenters. The topological polar surface area (TPSA) is 61.2 Å². The van der Waals surface area contributed by atoms with Gasteiger partial charge in [0.15, 0.2) is 5.82 Å². The van der Waals surface area contributed by atoms with Gasteiger partial charge in [-0.1, -0.05) is 12.1 Å². The summed E-state index contributed by atoms with van der Waals surface area (Å²) in [5, 5.41) is 6.62. The van der Waals surface area contributed by atoms with E-state index in [4.69, 9.17) is 0 Å². The fourth-order valence-electron chi connectivity index (χ4n) is 2.35. The van der Waals surface area contributed by atoms with Crippen molar-refractivity contribution >= 4 is 17.3 Å². The molecule has 0 spiro atoms. The number of benzene rings is 1. The molecule has 2 N–H and O–H groups in total. The summed E-state index contributed by atoms with van der Waals surface area (Å²) >= 11 is 0. The van der Waals surface area contributed by atoms with Crippen molar-refractivity contribution in [1.82, 2.24) is 19.6 Å². The third-order valence-corrected chi connectivity index (χ3v) is 3.38. The molecule has 116 valence electrons. The quantitative estimate of drug-likeness (QED) is 0.780. The highest BCUT2D eigenvalue weighted by atomic mass is 15.4. The predicted octanol–water partition coefficient (Wildman–Crippen LogP) is 3.00. The van der Waals surface area contributed by atoms with E-state index in [1.54, 1.807) is 6.33 Å². The van der Waals surface area contributed by atoms with E-state index in [-0.39, 0.29) is 5.54 Å². The number of aromatic amines is 1. The van der Waals surface area contributed by atoms with E-state index in [1.165, 1.54) is 0 Å². The molecule has 6 nitrogen and oxygen atoms in total. The Balaban J connectivity index is 2.09. The van der Waals surface area contributed by atoms with Crippen LogP contribution in [0.2, 0.25) is 0 Å². The van der Waals surface area contributed by atoms with E-state index in [0.717, 1.165) is 22.8 Å². The van der Waals surface area contributed by atoms with E-state index in [1.807, 2.05) is 18.6 Å². The molecule has 0 saturated carbocycles. The van der Waals surface area contributed by atoms with Gasteiger partial charge in [-0.25, -0.2) is 14.5 Å². The first-order valence-corrected chi connectivity index (χ1v) is 7.33. The third kappa shape index (κ3) is 2.64. The van der Waals surface area contributed by atoms with E-state index in [2.05, 4.69) is 70.3 Å². The van der Waals surface area contributed by atoms with E-state index < -0.39 is 0 Å². The van der Waals surface area contributed by atoms with Gasteiger partial charge in [-0.05, 0) is 32.9 Å². The lowest BCUT2D eigenvalue weighted by Crippen LogP contribution is -2.27. The highest BCUT2D eigenvalue weighted by molar-refractivity contribution is 5.76. The minimum atomic E-state index is -0.0700. The Hall–Kier alpha value is -2.50. The fourth-order valence-corrected chi connectivity index (χ4v) is 2.35. The minimum absolute atomic E-state index is 0.0700. The number of imidazole rings is 1. The molecule has 3 rings (SSSR count). The van der Waals surface area contributed by atoms with Gasteiger partial charge in [-0.3, -0.25) is 5.10 Å². The molecule has 0 aliphatic heterocycles. The molecule has 1 aromatic carbocycles. The summed E-state index contributed by atoms with van der Waals surface area (Å²) in [6.07, 6.45) is 1.65. The Morgan fingerprint density at radius 3 is 2.41 bits per heavy atom. The number of aromatic nitrogens is 4. The van der Waals surface area contributed by atoms with Crippen molar-refractivity contribution in [3.8, 4) is 11.3 Å².